The highest BCUT2D eigenvalue weighted by molar-refractivity contribution is 7.07. The van der Waals surface area contributed by atoms with Crippen molar-refractivity contribution in [1.29, 1.82) is 0 Å². The van der Waals surface area contributed by atoms with E-state index in [2.05, 4.69) is 10.3 Å². The Morgan fingerprint density at radius 3 is 3.12 bits per heavy atom. The number of carbonyl (C=O) groups is 2. The smallest absolute Gasteiger partial charge is 0.227 e. The van der Waals surface area contributed by atoms with Gasteiger partial charge >= 0.3 is 0 Å². The fourth-order valence-corrected chi connectivity index (χ4v) is 2.44. The zero-order valence-electron chi connectivity index (χ0n) is 9.68. The average molecular weight is 253 g/mol. The van der Waals surface area contributed by atoms with Gasteiger partial charge < -0.3 is 10.2 Å². The number of nitrogens with one attached hydrogen (secondary N) is 1. The van der Waals surface area contributed by atoms with Gasteiger partial charge in [-0.2, -0.15) is 0 Å². The molecule has 1 aliphatic heterocycles. The van der Waals surface area contributed by atoms with Gasteiger partial charge in [0.1, 0.15) is 0 Å². The minimum Gasteiger partial charge on any atom is -0.355 e. The van der Waals surface area contributed by atoms with Crippen molar-refractivity contribution in [2.75, 3.05) is 13.6 Å². The molecule has 1 fully saturated rings. The first-order valence-electron chi connectivity index (χ1n) is 5.55. The van der Waals surface area contributed by atoms with Gasteiger partial charge in [-0.05, 0) is 6.42 Å². The summed E-state index contributed by atoms with van der Waals surface area (Å²) in [5.74, 6) is 0.0329. The van der Waals surface area contributed by atoms with Gasteiger partial charge in [-0.15, -0.1) is 11.3 Å². The van der Waals surface area contributed by atoms with Crippen LogP contribution in [-0.2, 0) is 16.1 Å². The first-order valence-corrected chi connectivity index (χ1v) is 6.50. The number of hydrogen-bond acceptors (Lipinski definition) is 4. The Bertz CT molecular complexity index is 395. The minimum atomic E-state index is -0.0867. The standard InChI is InChI=1S/C11H15N3O2S/c1-14(5-9-6-17-7-13-9)11(16)8-2-3-10(15)12-4-8/h6-8H,2-5H2,1H3,(H,12,15). The molecule has 1 unspecified atom stereocenters. The molecular formula is C11H15N3O2S. The van der Waals surface area contributed by atoms with Gasteiger partial charge in [-0.3, -0.25) is 9.59 Å². The van der Waals surface area contributed by atoms with E-state index in [9.17, 15) is 9.59 Å². The molecule has 0 bridgehead atoms. The summed E-state index contributed by atoms with van der Waals surface area (Å²) in [7, 11) is 1.78. The van der Waals surface area contributed by atoms with Gasteiger partial charge in [0.25, 0.3) is 0 Å². The Kier molecular flexibility index (Phi) is 3.73. The topological polar surface area (TPSA) is 62.3 Å². The fraction of sp³-hybridized carbons (Fsp3) is 0.545. The predicted molar refractivity (Wildman–Crippen MR) is 64.3 cm³/mol. The first-order chi connectivity index (χ1) is 8.16. The van der Waals surface area contributed by atoms with E-state index in [-0.39, 0.29) is 17.7 Å². The van der Waals surface area contributed by atoms with Crippen LogP contribution in [0.15, 0.2) is 10.9 Å². The molecule has 2 amide bonds. The van der Waals surface area contributed by atoms with Crippen LogP contribution < -0.4 is 5.32 Å². The molecule has 5 nitrogen and oxygen atoms in total. The van der Waals surface area contributed by atoms with Crippen LogP contribution in [-0.4, -0.2) is 35.3 Å². The molecule has 6 heteroatoms. The van der Waals surface area contributed by atoms with Crippen LogP contribution in [0.1, 0.15) is 18.5 Å². The van der Waals surface area contributed by atoms with Crippen molar-refractivity contribution >= 4 is 23.2 Å². The van der Waals surface area contributed by atoms with Crippen LogP contribution >= 0.6 is 11.3 Å². The molecule has 1 saturated heterocycles. The maximum absolute atomic E-state index is 12.1. The molecule has 92 valence electrons. The van der Waals surface area contributed by atoms with Crippen LogP contribution in [0.4, 0.5) is 0 Å². The third-order valence-electron chi connectivity index (χ3n) is 2.87. The number of thiazole rings is 1. The lowest BCUT2D eigenvalue weighted by atomic mass is 9.98. The second-order valence-electron chi connectivity index (χ2n) is 4.21. The third-order valence-corrected chi connectivity index (χ3v) is 3.51. The van der Waals surface area contributed by atoms with E-state index in [0.717, 1.165) is 5.69 Å². The average Bonchev–Trinajstić information content (AvgIpc) is 2.82. The summed E-state index contributed by atoms with van der Waals surface area (Å²) in [6, 6.07) is 0. The molecule has 1 atom stereocenters. The van der Waals surface area contributed by atoms with Crippen molar-refractivity contribution in [1.82, 2.24) is 15.2 Å². The summed E-state index contributed by atoms with van der Waals surface area (Å²) in [5.41, 5.74) is 2.67. The van der Waals surface area contributed by atoms with Crippen LogP contribution in [0.2, 0.25) is 0 Å². The Morgan fingerprint density at radius 2 is 2.53 bits per heavy atom. The fourth-order valence-electron chi connectivity index (χ4n) is 1.89. The summed E-state index contributed by atoms with van der Waals surface area (Å²) in [6.07, 6.45) is 1.09. The van der Waals surface area contributed by atoms with Crippen LogP contribution in [0.3, 0.4) is 0 Å². The number of piperidine rings is 1. The monoisotopic (exact) mass is 253 g/mol. The van der Waals surface area contributed by atoms with E-state index in [1.165, 1.54) is 11.3 Å². The van der Waals surface area contributed by atoms with Crippen molar-refractivity contribution in [2.45, 2.75) is 19.4 Å². The Morgan fingerprint density at radius 1 is 1.71 bits per heavy atom. The lowest BCUT2D eigenvalue weighted by Crippen LogP contribution is -2.43. The summed E-state index contributed by atoms with van der Waals surface area (Å²) in [6.45, 7) is 0.992. The molecule has 0 aliphatic carbocycles. The zero-order valence-corrected chi connectivity index (χ0v) is 10.5. The summed E-state index contributed by atoms with van der Waals surface area (Å²) in [5, 5.41) is 4.66. The lowest BCUT2D eigenvalue weighted by Gasteiger charge is -2.26. The van der Waals surface area contributed by atoms with E-state index in [0.29, 0.717) is 25.9 Å². The van der Waals surface area contributed by atoms with Crippen LogP contribution in [0.5, 0.6) is 0 Å². The Balaban J connectivity index is 1.88. The number of rotatable bonds is 3. The Labute approximate surface area is 104 Å². The second kappa shape index (κ2) is 5.27. The van der Waals surface area contributed by atoms with Crippen LogP contribution in [0.25, 0.3) is 0 Å². The van der Waals surface area contributed by atoms with Crippen molar-refractivity contribution in [3.63, 3.8) is 0 Å². The molecule has 0 radical (unpaired) electrons. The molecule has 17 heavy (non-hydrogen) atoms. The molecule has 0 saturated carbocycles. The van der Waals surface area contributed by atoms with Gasteiger partial charge in [0.2, 0.25) is 11.8 Å². The van der Waals surface area contributed by atoms with E-state index in [1.807, 2.05) is 5.38 Å². The molecule has 1 N–H and O–H groups in total. The van der Waals surface area contributed by atoms with E-state index in [1.54, 1.807) is 17.5 Å². The van der Waals surface area contributed by atoms with Crippen LogP contribution in [0, 0.1) is 5.92 Å². The molecule has 1 aromatic heterocycles. The van der Waals surface area contributed by atoms with Crippen molar-refractivity contribution in [3.8, 4) is 0 Å². The van der Waals surface area contributed by atoms with Crippen molar-refractivity contribution in [2.24, 2.45) is 5.92 Å². The van der Waals surface area contributed by atoms with E-state index >= 15 is 0 Å². The van der Waals surface area contributed by atoms with Crippen molar-refractivity contribution in [3.05, 3.63) is 16.6 Å². The third kappa shape index (κ3) is 3.03. The van der Waals surface area contributed by atoms with Gasteiger partial charge in [0.15, 0.2) is 0 Å². The first kappa shape index (κ1) is 12.0. The lowest BCUT2D eigenvalue weighted by molar-refractivity contribution is -0.136. The highest BCUT2D eigenvalue weighted by atomic mass is 32.1. The van der Waals surface area contributed by atoms with E-state index < -0.39 is 0 Å². The number of aromatic nitrogens is 1. The maximum Gasteiger partial charge on any atom is 0.227 e. The molecular weight excluding hydrogens is 238 g/mol. The summed E-state index contributed by atoms with van der Waals surface area (Å²) >= 11 is 1.52. The van der Waals surface area contributed by atoms with Gasteiger partial charge in [-0.1, -0.05) is 0 Å². The highest BCUT2D eigenvalue weighted by Gasteiger charge is 2.26. The number of amides is 2. The van der Waals surface area contributed by atoms with E-state index in [4.69, 9.17) is 0 Å². The minimum absolute atomic E-state index is 0.0382. The molecule has 1 aliphatic rings. The quantitative estimate of drug-likeness (QED) is 0.859. The number of nitrogens with zero attached hydrogens (tertiary/aromatic N) is 2. The molecule has 0 aromatic carbocycles. The zero-order chi connectivity index (χ0) is 12.3. The predicted octanol–water partition coefficient (Wildman–Crippen LogP) is 0.628. The molecule has 1 aromatic rings. The SMILES string of the molecule is CN(Cc1cscn1)C(=O)C1CCC(=O)NC1. The normalized spacial score (nSPS) is 19.8. The molecule has 2 heterocycles. The highest BCUT2D eigenvalue weighted by Crippen LogP contribution is 2.15. The number of hydrogen-bond donors (Lipinski definition) is 1. The Hall–Kier alpha value is -1.43. The largest absolute Gasteiger partial charge is 0.355 e. The maximum atomic E-state index is 12.1. The number of carbonyl (C=O) groups excluding carboxylic acids is 2. The van der Waals surface area contributed by atoms with Gasteiger partial charge in [-0.25, -0.2) is 4.98 Å². The van der Waals surface area contributed by atoms with Gasteiger partial charge in [0.05, 0.1) is 23.7 Å². The van der Waals surface area contributed by atoms with Crippen molar-refractivity contribution < 1.29 is 9.59 Å². The summed E-state index contributed by atoms with van der Waals surface area (Å²) < 4.78 is 0. The molecule has 2 rings (SSSR count). The van der Waals surface area contributed by atoms with Gasteiger partial charge in [0, 0.05) is 25.4 Å². The summed E-state index contributed by atoms with van der Waals surface area (Å²) in [4.78, 5) is 28.9. The second-order valence-corrected chi connectivity index (χ2v) is 4.93. The molecule has 0 spiro atoms.